The Morgan fingerprint density at radius 1 is 1.03 bits per heavy atom. The lowest BCUT2D eigenvalue weighted by Crippen LogP contribution is -2.23. The fourth-order valence-electron chi connectivity index (χ4n) is 3.57. The van der Waals surface area contributed by atoms with Gasteiger partial charge in [-0.1, -0.05) is 55.8 Å². The molecule has 2 aromatic carbocycles. The lowest BCUT2D eigenvalue weighted by molar-refractivity contribution is 0.0950. The van der Waals surface area contributed by atoms with Crippen molar-refractivity contribution in [3.63, 3.8) is 0 Å². The molecule has 3 aromatic rings. The second-order valence-electron chi connectivity index (χ2n) is 7.42. The molecular formula is C25H29N3O. The number of nitrogens with one attached hydrogen (secondary N) is 2. The summed E-state index contributed by atoms with van der Waals surface area (Å²) in [6.07, 6.45) is 2.94. The van der Waals surface area contributed by atoms with E-state index in [1.807, 2.05) is 74.5 Å². The summed E-state index contributed by atoms with van der Waals surface area (Å²) >= 11 is 0. The monoisotopic (exact) mass is 387 g/mol. The van der Waals surface area contributed by atoms with Gasteiger partial charge in [-0.25, -0.2) is 0 Å². The summed E-state index contributed by atoms with van der Waals surface area (Å²) in [5.41, 5.74) is 6.39. The van der Waals surface area contributed by atoms with Gasteiger partial charge in [0.1, 0.15) is 0 Å². The first kappa shape index (κ1) is 20.6. The number of hydrogen-bond donors (Lipinski definition) is 2. The Morgan fingerprint density at radius 3 is 2.38 bits per heavy atom. The Kier molecular flexibility index (Phi) is 6.65. The first-order valence-corrected chi connectivity index (χ1v) is 10.2. The minimum atomic E-state index is -0.0694. The summed E-state index contributed by atoms with van der Waals surface area (Å²) in [4.78, 5) is 12.8. The molecule has 0 atom stereocenters. The number of hydrogen-bond acceptors (Lipinski definition) is 2. The van der Waals surface area contributed by atoms with Gasteiger partial charge in [0.25, 0.3) is 5.91 Å². The molecule has 0 aliphatic carbocycles. The van der Waals surface area contributed by atoms with Crippen molar-refractivity contribution < 1.29 is 4.79 Å². The summed E-state index contributed by atoms with van der Waals surface area (Å²) in [5, 5.41) is 11.2. The molecule has 1 aromatic heterocycles. The SMILES string of the molecule is CCCCC(=N)c1ccc(CNC(=O)c2cc(C)n(-c3ccccc3)c2C)cc1. The van der Waals surface area contributed by atoms with Gasteiger partial charge < -0.3 is 15.3 Å². The molecule has 150 valence electrons. The summed E-state index contributed by atoms with van der Waals surface area (Å²) in [7, 11) is 0. The predicted molar refractivity (Wildman–Crippen MR) is 119 cm³/mol. The second-order valence-corrected chi connectivity index (χ2v) is 7.42. The number of para-hydroxylation sites is 1. The summed E-state index contributed by atoms with van der Waals surface area (Å²) < 4.78 is 2.10. The molecule has 2 N–H and O–H groups in total. The fourth-order valence-corrected chi connectivity index (χ4v) is 3.57. The third kappa shape index (κ3) is 4.83. The lowest BCUT2D eigenvalue weighted by Gasteiger charge is -2.10. The molecule has 29 heavy (non-hydrogen) atoms. The van der Waals surface area contributed by atoms with Crippen molar-refractivity contribution in [3.8, 4) is 5.69 Å². The van der Waals surface area contributed by atoms with E-state index in [0.29, 0.717) is 17.8 Å². The Bertz CT molecular complexity index is 985. The summed E-state index contributed by atoms with van der Waals surface area (Å²) in [6, 6.07) is 19.9. The number of carbonyl (C=O) groups excluding carboxylic acids is 1. The van der Waals surface area contributed by atoms with Crippen LogP contribution in [-0.4, -0.2) is 16.2 Å². The zero-order valence-electron chi connectivity index (χ0n) is 17.5. The first-order chi connectivity index (χ1) is 14.0. The number of carbonyl (C=O) groups is 1. The molecule has 4 nitrogen and oxygen atoms in total. The molecule has 1 heterocycles. The van der Waals surface area contributed by atoms with Crippen molar-refractivity contribution >= 4 is 11.6 Å². The van der Waals surface area contributed by atoms with Crippen LogP contribution in [0.2, 0.25) is 0 Å². The van der Waals surface area contributed by atoms with Gasteiger partial charge in [-0.05, 0) is 56.0 Å². The number of nitrogens with zero attached hydrogens (tertiary/aromatic N) is 1. The number of aromatic nitrogens is 1. The maximum absolute atomic E-state index is 12.8. The molecule has 1 amide bonds. The quantitative estimate of drug-likeness (QED) is 0.487. The van der Waals surface area contributed by atoms with E-state index in [9.17, 15) is 4.79 Å². The molecule has 0 aliphatic rings. The van der Waals surface area contributed by atoms with Crippen LogP contribution in [0.5, 0.6) is 0 Å². The van der Waals surface area contributed by atoms with E-state index in [1.165, 1.54) is 0 Å². The maximum Gasteiger partial charge on any atom is 0.253 e. The van der Waals surface area contributed by atoms with Gasteiger partial charge in [0, 0.05) is 29.3 Å². The smallest absolute Gasteiger partial charge is 0.253 e. The van der Waals surface area contributed by atoms with Crippen LogP contribution in [0.4, 0.5) is 0 Å². The lowest BCUT2D eigenvalue weighted by atomic mass is 10.0. The molecule has 4 heteroatoms. The van der Waals surface area contributed by atoms with Gasteiger partial charge in [0.05, 0.1) is 5.56 Å². The Balaban J connectivity index is 1.66. The van der Waals surface area contributed by atoms with Gasteiger partial charge in [-0.2, -0.15) is 0 Å². The van der Waals surface area contributed by atoms with Gasteiger partial charge >= 0.3 is 0 Å². The zero-order valence-corrected chi connectivity index (χ0v) is 17.5. The van der Waals surface area contributed by atoms with Crippen molar-refractivity contribution in [1.82, 2.24) is 9.88 Å². The van der Waals surface area contributed by atoms with Crippen LogP contribution < -0.4 is 5.32 Å². The molecular weight excluding hydrogens is 358 g/mol. The van der Waals surface area contributed by atoms with Gasteiger partial charge in [-0.3, -0.25) is 4.79 Å². The van der Waals surface area contributed by atoms with Gasteiger partial charge in [0.2, 0.25) is 0 Å². The number of rotatable bonds is 8. The van der Waals surface area contributed by atoms with Crippen LogP contribution in [0.15, 0.2) is 60.7 Å². The Labute approximate surface area is 173 Å². The summed E-state index contributed by atoms with van der Waals surface area (Å²) in [5.74, 6) is -0.0694. The topological polar surface area (TPSA) is 57.9 Å². The zero-order chi connectivity index (χ0) is 20.8. The molecule has 0 radical (unpaired) electrons. The van der Waals surface area contributed by atoms with E-state index < -0.39 is 0 Å². The minimum absolute atomic E-state index is 0.0694. The third-order valence-electron chi connectivity index (χ3n) is 5.23. The molecule has 0 fully saturated rings. The van der Waals surface area contributed by atoms with Crippen LogP contribution >= 0.6 is 0 Å². The summed E-state index contributed by atoms with van der Waals surface area (Å²) in [6.45, 7) is 6.60. The fraction of sp³-hybridized carbons (Fsp3) is 0.280. The average Bonchev–Trinajstić information content (AvgIpc) is 3.05. The standard InChI is InChI=1S/C25H29N3O/c1-4-5-11-24(26)21-14-12-20(13-15-21)17-27-25(29)23-16-18(2)28(19(23)3)22-9-7-6-8-10-22/h6-10,12-16,26H,4-5,11,17H2,1-3H3,(H,27,29). The van der Waals surface area contributed by atoms with Crippen molar-refractivity contribution in [2.75, 3.05) is 0 Å². The largest absolute Gasteiger partial charge is 0.348 e. The van der Waals surface area contributed by atoms with E-state index in [1.54, 1.807) is 0 Å². The third-order valence-corrected chi connectivity index (χ3v) is 5.23. The second kappa shape index (κ2) is 9.37. The van der Waals surface area contributed by atoms with Crippen molar-refractivity contribution in [2.24, 2.45) is 0 Å². The maximum atomic E-state index is 12.8. The number of aryl methyl sites for hydroxylation is 1. The van der Waals surface area contributed by atoms with E-state index in [4.69, 9.17) is 5.41 Å². The van der Waals surface area contributed by atoms with Crippen LogP contribution in [0, 0.1) is 19.3 Å². The van der Waals surface area contributed by atoms with Crippen LogP contribution in [0.1, 0.15) is 59.1 Å². The minimum Gasteiger partial charge on any atom is -0.348 e. The first-order valence-electron chi connectivity index (χ1n) is 10.2. The molecule has 0 spiro atoms. The highest BCUT2D eigenvalue weighted by Crippen LogP contribution is 2.20. The normalized spacial score (nSPS) is 10.7. The molecule has 3 rings (SSSR count). The van der Waals surface area contributed by atoms with Gasteiger partial charge in [0.15, 0.2) is 0 Å². The number of benzene rings is 2. The highest BCUT2D eigenvalue weighted by molar-refractivity contribution is 5.98. The van der Waals surface area contributed by atoms with Crippen LogP contribution in [0.25, 0.3) is 5.69 Å². The molecule has 0 saturated carbocycles. The predicted octanol–water partition coefficient (Wildman–Crippen LogP) is 5.58. The van der Waals surface area contributed by atoms with Crippen LogP contribution in [-0.2, 0) is 6.54 Å². The molecule has 0 saturated heterocycles. The van der Waals surface area contributed by atoms with Crippen molar-refractivity contribution in [2.45, 2.75) is 46.6 Å². The van der Waals surface area contributed by atoms with Crippen LogP contribution in [0.3, 0.4) is 0 Å². The number of unbranched alkanes of at least 4 members (excludes halogenated alkanes) is 1. The highest BCUT2D eigenvalue weighted by Gasteiger charge is 2.16. The number of amides is 1. The van der Waals surface area contributed by atoms with E-state index in [-0.39, 0.29) is 5.91 Å². The van der Waals surface area contributed by atoms with E-state index >= 15 is 0 Å². The highest BCUT2D eigenvalue weighted by atomic mass is 16.1. The van der Waals surface area contributed by atoms with E-state index in [2.05, 4.69) is 16.8 Å². The van der Waals surface area contributed by atoms with Crippen molar-refractivity contribution in [3.05, 3.63) is 88.7 Å². The Morgan fingerprint density at radius 2 is 1.72 bits per heavy atom. The molecule has 0 bridgehead atoms. The molecule has 0 aliphatic heterocycles. The van der Waals surface area contributed by atoms with Gasteiger partial charge in [-0.15, -0.1) is 0 Å². The average molecular weight is 388 g/mol. The Hall–Kier alpha value is -3.14. The molecule has 0 unspecified atom stereocenters. The van der Waals surface area contributed by atoms with Crippen molar-refractivity contribution in [1.29, 1.82) is 5.41 Å². The van der Waals surface area contributed by atoms with E-state index in [0.717, 1.165) is 47.5 Å².